The third kappa shape index (κ3) is 3.80. The first-order valence-electron chi connectivity index (χ1n) is 4.63. The van der Waals surface area contributed by atoms with E-state index in [1.54, 1.807) is 13.1 Å². The van der Waals surface area contributed by atoms with E-state index in [0.717, 1.165) is 21.4 Å². The Balaban J connectivity index is 2.40. The van der Waals surface area contributed by atoms with Crippen LogP contribution in [0.15, 0.2) is 6.20 Å². The van der Waals surface area contributed by atoms with Crippen molar-refractivity contribution < 1.29 is 4.79 Å². The second kappa shape index (κ2) is 5.51. The molecule has 1 aromatic heterocycles. The van der Waals surface area contributed by atoms with Gasteiger partial charge in [0.25, 0.3) is 0 Å². The van der Waals surface area contributed by atoms with E-state index >= 15 is 0 Å². The number of nitrogens with zero attached hydrogens (tertiary/aromatic N) is 1. The fourth-order valence-corrected chi connectivity index (χ4v) is 2.85. The number of hydrogen-bond acceptors (Lipinski definition) is 4. The monoisotopic (exact) mass is 229 g/mol. The Kier molecular flexibility index (Phi) is 4.62. The predicted octanol–water partition coefficient (Wildman–Crippen LogP) is 3.23. The lowest BCUT2D eigenvalue weighted by Crippen LogP contribution is -1.90. The highest BCUT2D eigenvalue weighted by Crippen LogP contribution is 2.20. The van der Waals surface area contributed by atoms with Crippen LogP contribution in [0.25, 0.3) is 0 Å². The molecule has 0 fully saturated rings. The second-order valence-corrected chi connectivity index (χ2v) is 5.73. The summed E-state index contributed by atoms with van der Waals surface area (Å²) in [5.41, 5.74) is 0. The largest absolute Gasteiger partial charge is 0.294 e. The van der Waals surface area contributed by atoms with Crippen molar-refractivity contribution in [3.63, 3.8) is 0 Å². The van der Waals surface area contributed by atoms with Gasteiger partial charge in [-0.25, -0.2) is 4.98 Å². The van der Waals surface area contributed by atoms with Crippen LogP contribution in [0.2, 0.25) is 0 Å². The topological polar surface area (TPSA) is 30.0 Å². The Hall–Kier alpha value is -0.350. The molecule has 1 heterocycles. The molecule has 0 aliphatic heterocycles. The molecule has 0 aromatic carbocycles. The van der Waals surface area contributed by atoms with E-state index in [4.69, 9.17) is 0 Å². The number of rotatable bonds is 5. The van der Waals surface area contributed by atoms with Gasteiger partial charge in [-0.2, -0.15) is 11.8 Å². The molecule has 0 radical (unpaired) electrons. The molecule has 0 bridgehead atoms. The SMILES string of the molecule is CC(=O)c1cnc(CSCC(C)C)s1. The third-order valence-corrected chi connectivity index (χ3v) is 4.24. The van der Waals surface area contributed by atoms with Gasteiger partial charge in [0.15, 0.2) is 5.78 Å². The molecular formula is C10H15NOS2. The molecule has 0 N–H and O–H groups in total. The van der Waals surface area contributed by atoms with Crippen molar-refractivity contribution in [3.05, 3.63) is 16.1 Å². The first-order valence-corrected chi connectivity index (χ1v) is 6.60. The van der Waals surface area contributed by atoms with E-state index in [2.05, 4.69) is 18.8 Å². The summed E-state index contributed by atoms with van der Waals surface area (Å²) < 4.78 is 0. The quantitative estimate of drug-likeness (QED) is 0.726. The summed E-state index contributed by atoms with van der Waals surface area (Å²) in [7, 11) is 0. The lowest BCUT2D eigenvalue weighted by molar-refractivity contribution is 0.102. The smallest absolute Gasteiger partial charge is 0.171 e. The van der Waals surface area contributed by atoms with Gasteiger partial charge in [-0.15, -0.1) is 11.3 Å². The van der Waals surface area contributed by atoms with E-state index in [1.807, 2.05) is 11.8 Å². The summed E-state index contributed by atoms with van der Waals surface area (Å²) in [5.74, 6) is 2.90. The van der Waals surface area contributed by atoms with Crippen molar-refractivity contribution in [1.82, 2.24) is 4.98 Å². The molecule has 0 aliphatic carbocycles. The molecule has 1 aromatic rings. The maximum atomic E-state index is 11.0. The maximum absolute atomic E-state index is 11.0. The number of thioether (sulfide) groups is 1. The van der Waals surface area contributed by atoms with Crippen LogP contribution in [0.1, 0.15) is 35.5 Å². The Bertz CT molecular complexity index is 307. The normalized spacial score (nSPS) is 10.9. The second-order valence-electron chi connectivity index (χ2n) is 3.58. The third-order valence-electron chi connectivity index (χ3n) is 1.58. The molecule has 0 amide bonds. The average molecular weight is 229 g/mol. The zero-order chi connectivity index (χ0) is 10.6. The van der Waals surface area contributed by atoms with Gasteiger partial charge in [0.2, 0.25) is 0 Å². The summed E-state index contributed by atoms with van der Waals surface area (Å²) in [6.45, 7) is 5.99. The number of hydrogen-bond donors (Lipinski definition) is 0. The molecule has 0 unspecified atom stereocenters. The first kappa shape index (κ1) is 11.7. The first-order chi connectivity index (χ1) is 6.59. The molecular weight excluding hydrogens is 214 g/mol. The summed E-state index contributed by atoms with van der Waals surface area (Å²) in [6.07, 6.45) is 1.68. The standard InChI is InChI=1S/C10H15NOS2/c1-7(2)5-13-6-10-11-4-9(14-10)8(3)12/h4,7H,5-6H2,1-3H3. The van der Waals surface area contributed by atoms with Gasteiger partial charge in [-0.3, -0.25) is 4.79 Å². The number of carbonyl (C=O) groups is 1. The van der Waals surface area contributed by atoms with Gasteiger partial charge in [0, 0.05) is 18.9 Å². The van der Waals surface area contributed by atoms with E-state index in [0.29, 0.717) is 5.92 Å². The van der Waals surface area contributed by atoms with Gasteiger partial charge in [0.05, 0.1) is 4.88 Å². The Morgan fingerprint density at radius 2 is 2.36 bits per heavy atom. The average Bonchev–Trinajstić information content (AvgIpc) is 2.52. The fraction of sp³-hybridized carbons (Fsp3) is 0.600. The van der Waals surface area contributed by atoms with Crippen LogP contribution in [0.5, 0.6) is 0 Å². The van der Waals surface area contributed by atoms with Crippen molar-refractivity contribution in [1.29, 1.82) is 0 Å². The number of thiazole rings is 1. The molecule has 0 atom stereocenters. The van der Waals surface area contributed by atoms with E-state index < -0.39 is 0 Å². The van der Waals surface area contributed by atoms with E-state index in [-0.39, 0.29) is 5.78 Å². The van der Waals surface area contributed by atoms with Gasteiger partial charge in [0.1, 0.15) is 5.01 Å². The van der Waals surface area contributed by atoms with Gasteiger partial charge in [-0.05, 0) is 11.7 Å². The molecule has 14 heavy (non-hydrogen) atoms. The molecule has 0 saturated heterocycles. The van der Waals surface area contributed by atoms with Crippen molar-refractivity contribution in [2.45, 2.75) is 26.5 Å². The highest BCUT2D eigenvalue weighted by Gasteiger charge is 2.05. The fourth-order valence-electron chi connectivity index (χ4n) is 0.922. The van der Waals surface area contributed by atoms with Crippen molar-refractivity contribution in [3.8, 4) is 0 Å². The zero-order valence-electron chi connectivity index (χ0n) is 8.74. The Labute approximate surface area is 93.1 Å². The van der Waals surface area contributed by atoms with Gasteiger partial charge in [-0.1, -0.05) is 13.8 Å². The van der Waals surface area contributed by atoms with Crippen LogP contribution in [-0.2, 0) is 5.75 Å². The zero-order valence-corrected chi connectivity index (χ0v) is 10.4. The van der Waals surface area contributed by atoms with E-state index in [9.17, 15) is 4.79 Å². The van der Waals surface area contributed by atoms with Crippen LogP contribution in [-0.4, -0.2) is 16.5 Å². The number of aromatic nitrogens is 1. The van der Waals surface area contributed by atoms with Crippen LogP contribution < -0.4 is 0 Å². The highest BCUT2D eigenvalue weighted by atomic mass is 32.2. The number of ketones is 1. The van der Waals surface area contributed by atoms with Crippen molar-refractivity contribution in [2.24, 2.45) is 5.92 Å². The van der Waals surface area contributed by atoms with E-state index in [1.165, 1.54) is 11.3 Å². The van der Waals surface area contributed by atoms with Crippen LogP contribution in [0, 0.1) is 5.92 Å². The summed E-state index contributed by atoms with van der Waals surface area (Å²) in [5, 5.41) is 1.06. The molecule has 0 saturated carbocycles. The minimum absolute atomic E-state index is 0.114. The van der Waals surface area contributed by atoms with Gasteiger partial charge >= 0.3 is 0 Å². The number of carbonyl (C=O) groups excluding carboxylic acids is 1. The van der Waals surface area contributed by atoms with Crippen LogP contribution in [0.4, 0.5) is 0 Å². The summed E-state index contributed by atoms with van der Waals surface area (Å²) in [4.78, 5) is 16.0. The molecule has 0 aliphatic rings. The van der Waals surface area contributed by atoms with Crippen LogP contribution >= 0.6 is 23.1 Å². The molecule has 78 valence electrons. The molecule has 2 nitrogen and oxygen atoms in total. The Morgan fingerprint density at radius 1 is 1.64 bits per heavy atom. The molecule has 0 spiro atoms. The van der Waals surface area contributed by atoms with Crippen molar-refractivity contribution >= 4 is 28.9 Å². The summed E-state index contributed by atoms with van der Waals surface area (Å²) in [6, 6.07) is 0. The highest BCUT2D eigenvalue weighted by molar-refractivity contribution is 7.98. The predicted molar refractivity (Wildman–Crippen MR) is 63.1 cm³/mol. The lowest BCUT2D eigenvalue weighted by Gasteiger charge is -2.01. The maximum Gasteiger partial charge on any atom is 0.171 e. The van der Waals surface area contributed by atoms with Crippen LogP contribution in [0.3, 0.4) is 0 Å². The van der Waals surface area contributed by atoms with Crippen molar-refractivity contribution in [2.75, 3.05) is 5.75 Å². The van der Waals surface area contributed by atoms with Gasteiger partial charge < -0.3 is 0 Å². The number of Topliss-reactive ketones (excluding diaryl/α,β-unsaturated/α-hetero) is 1. The molecule has 1 rings (SSSR count). The Morgan fingerprint density at radius 3 is 2.86 bits per heavy atom. The minimum atomic E-state index is 0.114. The minimum Gasteiger partial charge on any atom is -0.294 e. The summed E-state index contributed by atoms with van der Waals surface area (Å²) >= 11 is 3.39. The lowest BCUT2D eigenvalue weighted by atomic mass is 10.3. The molecule has 4 heteroatoms.